The van der Waals surface area contributed by atoms with Gasteiger partial charge in [0.15, 0.2) is 0 Å². The van der Waals surface area contributed by atoms with Crippen molar-refractivity contribution in [2.45, 2.75) is 46.1 Å². The van der Waals surface area contributed by atoms with Gasteiger partial charge in [0.2, 0.25) is 5.88 Å². The molecule has 0 radical (unpaired) electrons. The van der Waals surface area contributed by atoms with Crippen LogP contribution in [0, 0.1) is 17.8 Å². The second-order valence-corrected chi connectivity index (χ2v) is 6.06. The van der Waals surface area contributed by atoms with Gasteiger partial charge in [-0.3, -0.25) is 0 Å². The Morgan fingerprint density at radius 2 is 2.05 bits per heavy atom. The molecule has 1 fully saturated rings. The molecule has 4 unspecified atom stereocenters. The van der Waals surface area contributed by atoms with Gasteiger partial charge >= 0.3 is 0 Å². The van der Waals surface area contributed by atoms with E-state index in [2.05, 4.69) is 36.3 Å². The summed E-state index contributed by atoms with van der Waals surface area (Å²) in [7, 11) is 1.62. The van der Waals surface area contributed by atoms with Crippen molar-refractivity contribution in [1.29, 1.82) is 0 Å². The van der Waals surface area contributed by atoms with Crippen LogP contribution in [0.4, 0.5) is 0 Å². The molecule has 2 rings (SSSR count). The third-order valence-electron chi connectivity index (χ3n) is 4.72. The Bertz CT molecular complexity index is 407. The second-order valence-electron chi connectivity index (χ2n) is 6.06. The van der Waals surface area contributed by atoms with Gasteiger partial charge in [0, 0.05) is 6.07 Å². The van der Waals surface area contributed by atoms with Gasteiger partial charge < -0.3 is 10.1 Å². The summed E-state index contributed by atoms with van der Waals surface area (Å²) in [6.45, 7) is 7.85. The topological polar surface area (TPSA) is 47.0 Å². The molecule has 1 aromatic rings. The number of methoxy groups -OCH3 is 1. The molecule has 0 saturated heterocycles. The van der Waals surface area contributed by atoms with Crippen molar-refractivity contribution in [3.05, 3.63) is 17.8 Å². The summed E-state index contributed by atoms with van der Waals surface area (Å²) in [5.74, 6) is 2.87. The Labute approximate surface area is 122 Å². The number of nitrogens with one attached hydrogen (secondary N) is 1. The van der Waals surface area contributed by atoms with Crippen molar-refractivity contribution in [3.8, 4) is 5.88 Å². The van der Waals surface area contributed by atoms with Gasteiger partial charge in [-0.05, 0) is 43.2 Å². The van der Waals surface area contributed by atoms with E-state index in [-0.39, 0.29) is 0 Å². The second kappa shape index (κ2) is 7.02. The molecule has 1 aliphatic rings. The first kappa shape index (κ1) is 15.2. The molecule has 1 heterocycles. The van der Waals surface area contributed by atoms with Crippen molar-refractivity contribution in [2.24, 2.45) is 17.8 Å². The quantitative estimate of drug-likeness (QED) is 0.897. The Kier molecular flexibility index (Phi) is 5.35. The minimum Gasteiger partial charge on any atom is -0.480 e. The van der Waals surface area contributed by atoms with Crippen LogP contribution in [-0.2, 0) is 0 Å². The van der Waals surface area contributed by atoms with E-state index in [0.29, 0.717) is 17.8 Å². The van der Waals surface area contributed by atoms with E-state index in [1.807, 2.05) is 12.1 Å². The van der Waals surface area contributed by atoms with Gasteiger partial charge in [0.25, 0.3) is 0 Å². The summed E-state index contributed by atoms with van der Waals surface area (Å²) in [6.07, 6.45) is 3.86. The van der Waals surface area contributed by atoms with Crippen LogP contribution in [0.15, 0.2) is 12.1 Å². The van der Waals surface area contributed by atoms with Gasteiger partial charge in [0.05, 0.1) is 18.8 Å². The zero-order valence-corrected chi connectivity index (χ0v) is 13.1. The maximum atomic E-state index is 5.09. The van der Waals surface area contributed by atoms with Crippen molar-refractivity contribution in [2.75, 3.05) is 13.7 Å². The van der Waals surface area contributed by atoms with Crippen molar-refractivity contribution < 1.29 is 4.74 Å². The fraction of sp³-hybridized carbons (Fsp3) is 0.750. The van der Waals surface area contributed by atoms with Crippen molar-refractivity contribution in [1.82, 2.24) is 15.5 Å². The normalized spacial score (nSPS) is 28.1. The van der Waals surface area contributed by atoms with E-state index in [4.69, 9.17) is 4.74 Å². The smallest absolute Gasteiger partial charge is 0.233 e. The minimum absolute atomic E-state index is 0.313. The molecule has 1 saturated carbocycles. The molecule has 1 aromatic heterocycles. The largest absolute Gasteiger partial charge is 0.480 e. The number of aromatic nitrogens is 2. The molecule has 0 aromatic carbocycles. The maximum absolute atomic E-state index is 5.09. The van der Waals surface area contributed by atoms with Crippen LogP contribution < -0.4 is 10.1 Å². The first-order valence-corrected chi connectivity index (χ1v) is 7.76. The van der Waals surface area contributed by atoms with Crippen LogP contribution in [0.2, 0.25) is 0 Å². The fourth-order valence-electron chi connectivity index (χ4n) is 3.23. The number of ether oxygens (including phenoxy) is 1. The molecule has 112 valence electrons. The predicted octanol–water partition coefficient (Wildman–Crippen LogP) is 3.21. The number of nitrogens with zero attached hydrogens (tertiary/aromatic N) is 2. The van der Waals surface area contributed by atoms with Gasteiger partial charge in [-0.1, -0.05) is 27.2 Å². The molecule has 0 spiro atoms. The lowest BCUT2D eigenvalue weighted by molar-refractivity contribution is 0.169. The first-order valence-electron chi connectivity index (χ1n) is 7.76. The number of rotatable bonds is 5. The lowest BCUT2D eigenvalue weighted by atomic mass is 9.72. The molecular formula is C16H27N3O. The number of hydrogen-bond donors (Lipinski definition) is 1. The highest BCUT2D eigenvalue weighted by Crippen LogP contribution is 2.39. The van der Waals surface area contributed by atoms with Crippen LogP contribution in [0.5, 0.6) is 5.88 Å². The van der Waals surface area contributed by atoms with Crippen LogP contribution in [0.1, 0.15) is 51.8 Å². The lowest BCUT2D eigenvalue weighted by Crippen LogP contribution is -2.33. The summed E-state index contributed by atoms with van der Waals surface area (Å²) < 4.78 is 5.09. The lowest BCUT2D eigenvalue weighted by Gasteiger charge is -2.36. The van der Waals surface area contributed by atoms with Crippen LogP contribution in [0.25, 0.3) is 0 Å². The van der Waals surface area contributed by atoms with E-state index in [0.717, 1.165) is 24.1 Å². The Morgan fingerprint density at radius 1 is 1.25 bits per heavy atom. The van der Waals surface area contributed by atoms with E-state index in [9.17, 15) is 0 Å². The molecule has 4 nitrogen and oxygen atoms in total. The zero-order chi connectivity index (χ0) is 14.5. The average Bonchev–Trinajstić information content (AvgIpc) is 2.48. The Hall–Kier alpha value is -1.16. The minimum atomic E-state index is 0.313. The SMILES string of the molecule is CCNC(c1ccc(OC)nn1)C1CCC(C)C(C)C1. The monoisotopic (exact) mass is 277 g/mol. The molecule has 0 amide bonds. The van der Waals surface area contributed by atoms with Crippen molar-refractivity contribution >= 4 is 0 Å². The third kappa shape index (κ3) is 3.48. The third-order valence-corrected chi connectivity index (χ3v) is 4.72. The van der Waals surface area contributed by atoms with Gasteiger partial charge in [-0.15, -0.1) is 5.10 Å². The highest BCUT2D eigenvalue weighted by atomic mass is 16.5. The Balaban J connectivity index is 2.13. The van der Waals surface area contributed by atoms with E-state index >= 15 is 0 Å². The zero-order valence-electron chi connectivity index (χ0n) is 13.1. The molecule has 20 heavy (non-hydrogen) atoms. The highest BCUT2D eigenvalue weighted by molar-refractivity contribution is 5.15. The molecule has 0 bridgehead atoms. The summed E-state index contributed by atoms with van der Waals surface area (Å²) in [5.41, 5.74) is 1.04. The summed E-state index contributed by atoms with van der Waals surface area (Å²) in [4.78, 5) is 0. The standard InChI is InChI=1S/C16H27N3O/c1-5-17-16(13-7-6-11(2)12(3)10-13)14-8-9-15(20-4)19-18-14/h8-9,11-13,16-17H,5-7,10H2,1-4H3. The van der Waals surface area contributed by atoms with Gasteiger partial charge in [-0.2, -0.15) is 5.10 Å². The molecule has 4 atom stereocenters. The molecule has 4 heteroatoms. The fourth-order valence-corrected chi connectivity index (χ4v) is 3.23. The van der Waals surface area contributed by atoms with Crippen molar-refractivity contribution in [3.63, 3.8) is 0 Å². The summed E-state index contributed by atoms with van der Waals surface area (Å²) in [6, 6.07) is 4.26. The molecule has 1 aliphatic carbocycles. The molecule has 1 N–H and O–H groups in total. The average molecular weight is 277 g/mol. The molecule has 0 aliphatic heterocycles. The Morgan fingerprint density at radius 3 is 2.60 bits per heavy atom. The predicted molar refractivity (Wildman–Crippen MR) is 80.7 cm³/mol. The van der Waals surface area contributed by atoms with Crippen LogP contribution in [0.3, 0.4) is 0 Å². The highest BCUT2D eigenvalue weighted by Gasteiger charge is 2.31. The summed E-state index contributed by atoms with van der Waals surface area (Å²) in [5, 5.41) is 12.1. The summed E-state index contributed by atoms with van der Waals surface area (Å²) >= 11 is 0. The number of hydrogen-bond acceptors (Lipinski definition) is 4. The molecular weight excluding hydrogens is 250 g/mol. The maximum Gasteiger partial charge on any atom is 0.233 e. The van der Waals surface area contributed by atoms with Crippen LogP contribution >= 0.6 is 0 Å². The first-order chi connectivity index (χ1) is 9.65. The van der Waals surface area contributed by atoms with E-state index < -0.39 is 0 Å². The van der Waals surface area contributed by atoms with E-state index in [1.165, 1.54) is 19.3 Å². The van der Waals surface area contributed by atoms with E-state index in [1.54, 1.807) is 7.11 Å². The van der Waals surface area contributed by atoms with Crippen LogP contribution in [-0.4, -0.2) is 23.9 Å². The van der Waals surface area contributed by atoms with Gasteiger partial charge in [0.1, 0.15) is 0 Å². The van der Waals surface area contributed by atoms with Gasteiger partial charge in [-0.25, -0.2) is 0 Å².